The second kappa shape index (κ2) is 6.53. The Morgan fingerprint density at radius 1 is 1.53 bits per heavy atom. The van der Waals surface area contributed by atoms with E-state index in [1.54, 1.807) is 18.9 Å². The molecule has 5 heteroatoms. The highest BCUT2D eigenvalue weighted by atomic mass is 35.5. The van der Waals surface area contributed by atoms with Crippen LogP contribution in [0, 0.1) is 5.92 Å². The zero-order valence-electron chi connectivity index (χ0n) is 11.4. The summed E-state index contributed by atoms with van der Waals surface area (Å²) in [7, 11) is 1.65. The van der Waals surface area contributed by atoms with Gasteiger partial charge in [-0.05, 0) is 18.1 Å². The van der Waals surface area contributed by atoms with Gasteiger partial charge < -0.3 is 10.1 Å². The fourth-order valence-corrected chi connectivity index (χ4v) is 3.32. The van der Waals surface area contributed by atoms with Crippen molar-refractivity contribution in [2.24, 2.45) is 10.9 Å². The molecule has 1 aromatic carbocycles. The van der Waals surface area contributed by atoms with Crippen molar-refractivity contribution in [3.8, 4) is 5.75 Å². The summed E-state index contributed by atoms with van der Waals surface area (Å²) in [6.07, 6.45) is 0. The van der Waals surface area contributed by atoms with Gasteiger partial charge in [-0.15, -0.1) is 0 Å². The van der Waals surface area contributed by atoms with Crippen LogP contribution in [0.1, 0.15) is 19.4 Å². The summed E-state index contributed by atoms with van der Waals surface area (Å²) in [5.41, 5.74) is 0.939. The molecule has 0 aromatic heterocycles. The van der Waals surface area contributed by atoms with Crippen LogP contribution in [0.15, 0.2) is 23.2 Å². The van der Waals surface area contributed by atoms with Gasteiger partial charge in [0.1, 0.15) is 5.75 Å². The molecule has 1 atom stereocenters. The van der Waals surface area contributed by atoms with E-state index in [9.17, 15) is 0 Å². The third kappa shape index (κ3) is 3.57. The Labute approximate surface area is 123 Å². The molecular formula is C14H19ClN2OS. The standard InChI is InChI=1S/C14H19ClN2OS/c1-9(2)12-8-19-14(17-12)16-7-10-11(15)5-4-6-13(10)18-3/h4-6,9,12H,7-8H2,1-3H3,(H,16,17). The van der Waals surface area contributed by atoms with E-state index in [4.69, 9.17) is 16.3 Å². The first-order valence-electron chi connectivity index (χ1n) is 6.37. The SMILES string of the molecule is COc1cccc(Cl)c1CN=C1NC(C(C)C)CS1. The topological polar surface area (TPSA) is 33.6 Å². The van der Waals surface area contributed by atoms with Gasteiger partial charge in [0, 0.05) is 22.4 Å². The molecule has 0 radical (unpaired) electrons. The molecule has 0 saturated carbocycles. The van der Waals surface area contributed by atoms with Crippen LogP contribution in [0.2, 0.25) is 5.02 Å². The second-order valence-electron chi connectivity index (χ2n) is 4.85. The summed E-state index contributed by atoms with van der Waals surface area (Å²) in [6.45, 7) is 4.99. The van der Waals surface area contributed by atoms with Crippen LogP contribution in [-0.2, 0) is 6.54 Å². The van der Waals surface area contributed by atoms with Crippen LogP contribution < -0.4 is 10.1 Å². The monoisotopic (exact) mass is 298 g/mol. The molecule has 1 aromatic rings. The summed E-state index contributed by atoms with van der Waals surface area (Å²) in [4.78, 5) is 4.60. The Morgan fingerprint density at radius 3 is 2.95 bits per heavy atom. The number of hydrogen-bond donors (Lipinski definition) is 1. The molecule has 1 aliphatic heterocycles. The number of nitrogens with one attached hydrogen (secondary N) is 1. The number of ether oxygens (including phenoxy) is 1. The number of thioether (sulfide) groups is 1. The number of rotatable bonds is 4. The molecule has 1 unspecified atom stereocenters. The first kappa shape index (κ1) is 14.5. The van der Waals surface area contributed by atoms with Crippen LogP contribution in [-0.4, -0.2) is 24.1 Å². The van der Waals surface area contributed by atoms with Crippen molar-refractivity contribution in [1.82, 2.24) is 5.32 Å². The number of amidine groups is 1. The highest BCUT2D eigenvalue weighted by Crippen LogP contribution is 2.28. The Bertz CT molecular complexity index is 477. The lowest BCUT2D eigenvalue weighted by Crippen LogP contribution is -2.31. The largest absolute Gasteiger partial charge is 0.496 e. The maximum absolute atomic E-state index is 6.20. The van der Waals surface area contributed by atoms with Gasteiger partial charge >= 0.3 is 0 Å². The highest BCUT2D eigenvalue weighted by Gasteiger charge is 2.22. The van der Waals surface area contributed by atoms with Crippen molar-refractivity contribution in [1.29, 1.82) is 0 Å². The van der Waals surface area contributed by atoms with Gasteiger partial charge in [0.05, 0.1) is 13.7 Å². The molecule has 0 aliphatic carbocycles. The van der Waals surface area contributed by atoms with Gasteiger partial charge in [-0.1, -0.05) is 43.3 Å². The minimum absolute atomic E-state index is 0.511. The minimum Gasteiger partial charge on any atom is -0.496 e. The predicted molar refractivity (Wildman–Crippen MR) is 83.4 cm³/mol. The molecule has 2 rings (SSSR count). The summed E-state index contributed by atoms with van der Waals surface area (Å²) < 4.78 is 5.32. The molecule has 1 fully saturated rings. The molecule has 3 nitrogen and oxygen atoms in total. The molecule has 0 amide bonds. The molecule has 1 heterocycles. The lowest BCUT2D eigenvalue weighted by atomic mass is 10.1. The van der Waals surface area contributed by atoms with Crippen molar-refractivity contribution < 1.29 is 4.74 Å². The lowest BCUT2D eigenvalue weighted by molar-refractivity contribution is 0.410. The zero-order valence-corrected chi connectivity index (χ0v) is 13.0. The number of nitrogens with zero attached hydrogens (tertiary/aromatic N) is 1. The first-order chi connectivity index (χ1) is 9.11. The van der Waals surface area contributed by atoms with Crippen LogP contribution >= 0.6 is 23.4 Å². The van der Waals surface area contributed by atoms with Gasteiger partial charge in [0.15, 0.2) is 5.17 Å². The van der Waals surface area contributed by atoms with Crippen LogP contribution in [0.25, 0.3) is 0 Å². The quantitative estimate of drug-likeness (QED) is 0.922. The van der Waals surface area contributed by atoms with Crippen molar-refractivity contribution in [2.45, 2.75) is 26.4 Å². The zero-order chi connectivity index (χ0) is 13.8. The average molecular weight is 299 g/mol. The predicted octanol–water partition coefficient (Wildman–Crippen LogP) is 3.57. The summed E-state index contributed by atoms with van der Waals surface area (Å²) in [5.74, 6) is 2.49. The normalized spacial score (nSPS) is 20.9. The second-order valence-corrected chi connectivity index (χ2v) is 6.26. The number of methoxy groups -OCH3 is 1. The van der Waals surface area contributed by atoms with Gasteiger partial charge in [-0.3, -0.25) is 4.99 Å². The summed E-state index contributed by atoms with van der Waals surface area (Å²) in [5, 5.41) is 5.15. The third-order valence-electron chi connectivity index (χ3n) is 3.19. The van der Waals surface area contributed by atoms with E-state index in [1.165, 1.54) is 0 Å². The van der Waals surface area contributed by atoms with Crippen molar-refractivity contribution in [3.05, 3.63) is 28.8 Å². The van der Waals surface area contributed by atoms with Crippen molar-refractivity contribution in [3.63, 3.8) is 0 Å². The van der Waals surface area contributed by atoms with Crippen molar-refractivity contribution >= 4 is 28.5 Å². The van der Waals surface area contributed by atoms with E-state index in [2.05, 4.69) is 24.2 Å². The van der Waals surface area contributed by atoms with E-state index in [0.717, 1.165) is 22.2 Å². The number of benzene rings is 1. The van der Waals surface area contributed by atoms with E-state index >= 15 is 0 Å². The Balaban J connectivity index is 2.07. The molecule has 19 heavy (non-hydrogen) atoms. The van der Waals surface area contributed by atoms with Gasteiger partial charge in [-0.25, -0.2) is 0 Å². The molecule has 0 spiro atoms. The number of halogens is 1. The maximum Gasteiger partial charge on any atom is 0.157 e. The Hall–Kier alpha value is -0.870. The van der Waals surface area contributed by atoms with Gasteiger partial charge in [0.25, 0.3) is 0 Å². The third-order valence-corrected chi connectivity index (χ3v) is 4.59. The molecule has 1 aliphatic rings. The smallest absolute Gasteiger partial charge is 0.157 e. The lowest BCUT2D eigenvalue weighted by Gasteiger charge is -2.13. The van der Waals surface area contributed by atoms with Gasteiger partial charge in [0.2, 0.25) is 0 Å². The fraction of sp³-hybridized carbons (Fsp3) is 0.500. The van der Waals surface area contributed by atoms with Crippen LogP contribution in [0.4, 0.5) is 0 Å². The summed E-state index contributed by atoms with van der Waals surface area (Å²) >= 11 is 7.97. The van der Waals surface area contributed by atoms with Gasteiger partial charge in [-0.2, -0.15) is 0 Å². The number of hydrogen-bond acceptors (Lipinski definition) is 3. The Morgan fingerprint density at radius 2 is 2.32 bits per heavy atom. The van der Waals surface area contributed by atoms with E-state index in [-0.39, 0.29) is 0 Å². The van der Waals surface area contributed by atoms with E-state index < -0.39 is 0 Å². The first-order valence-corrected chi connectivity index (χ1v) is 7.73. The average Bonchev–Trinajstić information content (AvgIpc) is 2.86. The fourth-order valence-electron chi connectivity index (χ4n) is 1.90. The van der Waals surface area contributed by atoms with Crippen molar-refractivity contribution in [2.75, 3.05) is 12.9 Å². The molecule has 1 saturated heterocycles. The van der Waals surface area contributed by atoms with E-state index in [1.807, 2.05) is 18.2 Å². The molecule has 104 valence electrons. The van der Waals surface area contributed by atoms with Crippen LogP contribution in [0.5, 0.6) is 5.75 Å². The minimum atomic E-state index is 0.511. The Kier molecular flexibility index (Phi) is 4.99. The maximum atomic E-state index is 6.20. The number of aliphatic imine (C=N–C) groups is 1. The molecular weight excluding hydrogens is 280 g/mol. The van der Waals surface area contributed by atoms with E-state index in [0.29, 0.717) is 23.5 Å². The molecule has 1 N–H and O–H groups in total. The molecule has 0 bridgehead atoms. The highest BCUT2D eigenvalue weighted by molar-refractivity contribution is 8.14. The van der Waals surface area contributed by atoms with Crippen LogP contribution in [0.3, 0.4) is 0 Å². The summed E-state index contributed by atoms with van der Waals surface area (Å²) in [6, 6.07) is 6.17.